The summed E-state index contributed by atoms with van der Waals surface area (Å²) in [6.07, 6.45) is 0.959. The Hall–Kier alpha value is -1.79. The molecule has 1 aromatic carbocycles. The number of ether oxygens (including phenoxy) is 3. The Morgan fingerprint density at radius 3 is 2.48 bits per heavy atom. The largest absolute Gasteiger partial charge is 0.493 e. The maximum atomic E-state index is 5.95. The van der Waals surface area contributed by atoms with Crippen molar-refractivity contribution in [3.63, 3.8) is 0 Å². The first-order valence-corrected chi connectivity index (χ1v) is 9.50. The summed E-state index contributed by atoms with van der Waals surface area (Å²) in [5, 5.41) is 6.70. The summed E-state index contributed by atoms with van der Waals surface area (Å²) in [6, 6.07) is 6.25. The van der Waals surface area contributed by atoms with Gasteiger partial charge in [-0.25, -0.2) is 0 Å². The van der Waals surface area contributed by atoms with Crippen LogP contribution in [0.25, 0.3) is 0 Å². The topological polar surface area (TPSA) is 64.1 Å². The molecule has 0 fully saturated rings. The minimum atomic E-state index is 0.0563. The second kappa shape index (κ2) is 11.8. The standard InChI is InChI=1S/C21H37N3O3/c1-16-9-10-17(18(13-16)27-12-8-11-25-6)14-23-20(22-5)24-15-19(26-7)21(2,3)4/h9-10,13,19H,8,11-12,14-15H2,1-7H3,(H2,22,23,24). The highest BCUT2D eigenvalue weighted by Gasteiger charge is 2.24. The highest BCUT2D eigenvalue weighted by molar-refractivity contribution is 5.79. The summed E-state index contributed by atoms with van der Waals surface area (Å²) in [4.78, 5) is 4.31. The van der Waals surface area contributed by atoms with E-state index < -0.39 is 0 Å². The van der Waals surface area contributed by atoms with E-state index in [1.807, 2.05) is 0 Å². The number of hydrogen-bond donors (Lipinski definition) is 2. The van der Waals surface area contributed by atoms with Crippen LogP contribution in [0.1, 0.15) is 38.3 Å². The van der Waals surface area contributed by atoms with Crippen molar-refractivity contribution >= 4 is 5.96 Å². The zero-order valence-electron chi connectivity index (χ0n) is 18.0. The molecule has 0 saturated heterocycles. The Morgan fingerprint density at radius 1 is 1.15 bits per heavy atom. The van der Waals surface area contributed by atoms with Gasteiger partial charge < -0.3 is 24.8 Å². The van der Waals surface area contributed by atoms with E-state index in [1.54, 1.807) is 21.3 Å². The molecule has 0 aliphatic heterocycles. The average molecular weight is 380 g/mol. The number of hydrogen-bond acceptors (Lipinski definition) is 4. The van der Waals surface area contributed by atoms with Gasteiger partial charge in [-0.2, -0.15) is 0 Å². The fourth-order valence-electron chi connectivity index (χ4n) is 2.66. The van der Waals surface area contributed by atoms with Crippen LogP contribution in [0.3, 0.4) is 0 Å². The Balaban J connectivity index is 2.64. The SMILES string of the molecule is CN=C(NCc1ccc(C)cc1OCCCOC)NCC(OC)C(C)(C)C. The van der Waals surface area contributed by atoms with Crippen molar-refractivity contribution in [1.82, 2.24) is 10.6 Å². The van der Waals surface area contributed by atoms with Crippen LogP contribution in [0.15, 0.2) is 23.2 Å². The maximum Gasteiger partial charge on any atom is 0.191 e. The van der Waals surface area contributed by atoms with E-state index in [9.17, 15) is 0 Å². The number of nitrogens with zero attached hydrogens (tertiary/aromatic N) is 1. The van der Waals surface area contributed by atoms with E-state index in [0.29, 0.717) is 26.3 Å². The van der Waals surface area contributed by atoms with Gasteiger partial charge in [0.1, 0.15) is 5.75 Å². The summed E-state index contributed by atoms with van der Waals surface area (Å²) in [6.45, 7) is 11.2. The van der Waals surface area contributed by atoms with Gasteiger partial charge >= 0.3 is 0 Å². The molecule has 0 aromatic heterocycles. The predicted molar refractivity (Wildman–Crippen MR) is 112 cm³/mol. The van der Waals surface area contributed by atoms with E-state index in [0.717, 1.165) is 23.7 Å². The zero-order chi connectivity index (χ0) is 20.3. The van der Waals surface area contributed by atoms with Crippen LogP contribution in [0.2, 0.25) is 0 Å². The molecule has 0 aliphatic carbocycles. The third kappa shape index (κ3) is 8.63. The van der Waals surface area contributed by atoms with Gasteiger partial charge in [-0.3, -0.25) is 4.99 Å². The van der Waals surface area contributed by atoms with Crippen molar-refractivity contribution in [3.05, 3.63) is 29.3 Å². The van der Waals surface area contributed by atoms with Crippen molar-refractivity contribution in [2.24, 2.45) is 10.4 Å². The molecule has 0 aliphatic rings. The molecule has 6 heteroatoms. The van der Waals surface area contributed by atoms with Gasteiger partial charge in [-0.1, -0.05) is 32.9 Å². The average Bonchev–Trinajstić information content (AvgIpc) is 2.62. The number of benzene rings is 1. The van der Waals surface area contributed by atoms with Crippen molar-refractivity contribution in [3.8, 4) is 5.75 Å². The van der Waals surface area contributed by atoms with Crippen molar-refractivity contribution in [2.75, 3.05) is 41.0 Å². The molecule has 0 spiro atoms. The molecule has 0 amide bonds. The molecule has 0 saturated carbocycles. The Morgan fingerprint density at radius 2 is 1.89 bits per heavy atom. The molecule has 1 unspecified atom stereocenters. The fourth-order valence-corrected chi connectivity index (χ4v) is 2.66. The first-order valence-electron chi connectivity index (χ1n) is 9.50. The van der Waals surface area contributed by atoms with E-state index in [2.05, 4.69) is 61.5 Å². The van der Waals surface area contributed by atoms with E-state index in [4.69, 9.17) is 14.2 Å². The first-order chi connectivity index (χ1) is 12.8. The number of rotatable bonds is 10. The predicted octanol–water partition coefficient (Wildman–Crippen LogP) is 3.14. The zero-order valence-corrected chi connectivity index (χ0v) is 18.0. The quantitative estimate of drug-likeness (QED) is 0.371. The number of methoxy groups -OCH3 is 2. The summed E-state index contributed by atoms with van der Waals surface area (Å²) < 4.78 is 16.6. The molecule has 27 heavy (non-hydrogen) atoms. The van der Waals surface area contributed by atoms with Gasteiger partial charge in [0.15, 0.2) is 5.96 Å². The van der Waals surface area contributed by atoms with E-state index in [1.165, 1.54) is 5.56 Å². The van der Waals surface area contributed by atoms with Crippen LogP contribution in [-0.4, -0.2) is 53.1 Å². The molecule has 0 heterocycles. The van der Waals surface area contributed by atoms with Crippen molar-refractivity contribution in [2.45, 2.75) is 46.8 Å². The number of nitrogens with one attached hydrogen (secondary N) is 2. The lowest BCUT2D eigenvalue weighted by molar-refractivity contribution is 0.0205. The third-order valence-electron chi connectivity index (χ3n) is 4.35. The van der Waals surface area contributed by atoms with E-state index in [-0.39, 0.29) is 11.5 Å². The fraction of sp³-hybridized carbons (Fsp3) is 0.667. The highest BCUT2D eigenvalue weighted by Crippen LogP contribution is 2.22. The summed E-state index contributed by atoms with van der Waals surface area (Å²) in [5.74, 6) is 1.64. The van der Waals surface area contributed by atoms with Crippen LogP contribution in [-0.2, 0) is 16.0 Å². The maximum absolute atomic E-state index is 5.95. The van der Waals surface area contributed by atoms with Gasteiger partial charge in [0.2, 0.25) is 0 Å². The van der Waals surface area contributed by atoms with Gasteiger partial charge in [0.25, 0.3) is 0 Å². The molecular weight excluding hydrogens is 342 g/mol. The van der Waals surface area contributed by atoms with Crippen LogP contribution in [0.5, 0.6) is 5.75 Å². The Bertz CT molecular complexity index is 583. The van der Waals surface area contributed by atoms with Gasteiger partial charge in [-0.05, 0) is 24.0 Å². The van der Waals surface area contributed by atoms with Crippen LogP contribution in [0.4, 0.5) is 0 Å². The molecular formula is C21H37N3O3. The van der Waals surface area contributed by atoms with Crippen molar-refractivity contribution in [1.29, 1.82) is 0 Å². The number of aryl methyl sites for hydroxylation is 1. The molecule has 0 bridgehead atoms. The molecule has 1 atom stereocenters. The van der Waals surface area contributed by atoms with Crippen molar-refractivity contribution < 1.29 is 14.2 Å². The molecule has 1 aromatic rings. The van der Waals surface area contributed by atoms with E-state index >= 15 is 0 Å². The highest BCUT2D eigenvalue weighted by atomic mass is 16.5. The summed E-state index contributed by atoms with van der Waals surface area (Å²) >= 11 is 0. The lowest BCUT2D eigenvalue weighted by Crippen LogP contribution is -2.45. The smallest absolute Gasteiger partial charge is 0.191 e. The molecule has 6 nitrogen and oxygen atoms in total. The molecule has 0 radical (unpaired) electrons. The van der Waals surface area contributed by atoms with Gasteiger partial charge in [-0.15, -0.1) is 0 Å². The molecule has 2 N–H and O–H groups in total. The monoisotopic (exact) mass is 379 g/mol. The Labute approximate surface area is 164 Å². The van der Waals surface area contributed by atoms with Gasteiger partial charge in [0.05, 0.1) is 12.7 Å². The second-order valence-electron chi connectivity index (χ2n) is 7.70. The Kier molecular flexibility index (Phi) is 10.2. The minimum absolute atomic E-state index is 0.0563. The lowest BCUT2D eigenvalue weighted by atomic mass is 9.89. The molecule has 1 rings (SSSR count). The summed E-state index contributed by atoms with van der Waals surface area (Å²) in [5.41, 5.74) is 2.33. The van der Waals surface area contributed by atoms with Crippen LogP contribution < -0.4 is 15.4 Å². The normalized spacial score (nSPS) is 13.4. The number of aliphatic imine (C=N–C) groups is 1. The molecule has 154 valence electrons. The summed E-state index contributed by atoms with van der Waals surface area (Å²) in [7, 11) is 5.22. The van der Waals surface area contributed by atoms with Crippen LogP contribution in [0, 0.1) is 12.3 Å². The minimum Gasteiger partial charge on any atom is -0.493 e. The number of guanidine groups is 1. The lowest BCUT2D eigenvalue weighted by Gasteiger charge is -2.30. The first kappa shape index (κ1) is 23.2. The van der Waals surface area contributed by atoms with Crippen LogP contribution >= 0.6 is 0 Å². The third-order valence-corrected chi connectivity index (χ3v) is 4.35. The second-order valence-corrected chi connectivity index (χ2v) is 7.70. The van der Waals surface area contributed by atoms with Gasteiger partial charge in [0, 0.05) is 52.9 Å².